The summed E-state index contributed by atoms with van der Waals surface area (Å²) >= 11 is 0. The molecule has 3 rings (SSSR count). The number of hydrogen-bond acceptors (Lipinski definition) is 6. The van der Waals surface area contributed by atoms with Crippen molar-refractivity contribution >= 4 is 17.5 Å². The van der Waals surface area contributed by atoms with Crippen molar-refractivity contribution in [2.24, 2.45) is 5.92 Å². The van der Waals surface area contributed by atoms with Gasteiger partial charge >= 0.3 is 6.36 Å². The van der Waals surface area contributed by atoms with Crippen LogP contribution < -0.4 is 15.0 Å². The van der Waals surface area contributed by atoms with Crippen molar-refractivity contribution < 1.29 is 22.7 Å². The van der Waals surface area contributed by atoms with Gasteiger partial charge in [0.25, 0.3) is 0 Å². The van der Waals surface area contributed by atoms with Crippen LogP contribution in [0.1, 0.15) is 18.4 Å². The van der Waals surface area contributed by atoms with Gasteiger partial charge in [-0.2, -0.15) is 5.26 Å². The van der Waals surface area contributed by atoms with E-state index in [-0.39, 0.29) is 23.9 Å². The summed E-state index contributed by atoms with van der Waals surface area (Å²) in [6, 6.07) is 10.8. The Balaban J connectivity index is 1.57. The van der Waals surface area contributed by atoms with E-state index < -0.39 is 12.3 Å². The van der Waals surface area contributed by atoms with Gasteiger partial charge in [0.05, 0.1) is 18.4 Å². The Morgan fingerprint density at radius 1 is 1.31 bits per heavy atom. The molecule has 1 amide bonds. The molecule has 2 heterocycles. The average Bonchev–Trinajstić information content (AvgIpc) is 2.67. The maximum Gasteiger partial charge on any atom is 0.573 e. The minimum Gasteiger partial charge on any atom is -0.406 e. The fourth-order valence-corrected chi connectivity index (χ4v) is 3.08. The number of nitrogens with zero attached hydrogens (tertiary/aromatic N) is 4. The number of nitrogens with one attached hydrogen (secondary N) is 1. The fourth-order valence-electron chi connectivity index (χ4n) is 3.08. The van der Waals surface area contributed by atoms with Crippen LogP contribution in [0.5, 0.6) is 5.75 Å². The van der Waals surface area contributed by atoms with E-state index in [0.717, 1.165) is 31.5 Å². The highest BCUT2D eigenvalue weighted by Gasteiger charge is 2.31. The summed E-state index contributed by atoms with van der Waals surface area (Å²) < 4.78 is 40.7. The molecule has 1 N–H and O–H groups in total. The minimum absolute atomic E-state index is 0.0398. The zero-order valence-electron chi connectivity index (χ0n) is 15.3. The Morgan fingerprint density at radius 3 is 2.83 bits per heavy atom. The smallest absolute Gasteiger partial charge is 0.406 e. The molecule has 0 bridgehead atoms. The highest BCUT2D eigenvalue weighted by molar-refractivity contribution is 5.91. The molecule has 1 aromatic carbocycles. The average molecular weight is 405 g/mol. The van der Waals surface area contributed by atoms with Crippen LogP contribution >= 0.6 is 0 Å². The van der Waals surface area contributed by atoms with Crippen LogP contribution in [-0.2, 0) is 11.2 Å². The quantitative estimate of drug-likeness (QED) is 0.821. The molecule has 1 fully saturated rings. The van der Waals surface area contributed by atoms with Crippen LogP contribution in [0, 0.1) is 17.2 Å². The number of piperidine rings is 1. The summed E-state index contributed by atoms with van der Waals surface area (Å²) in [6.45, 7) is 1.38. The third kappa shape index (κ3) is 6.07. The van der Waals surface area contributed by atoms with Crippen LogP contribution in [0.25, 0.3) is 0 Å². The summed E-state index contributed by atoms with van der Waals surface area (Å²) in [5.41, 5.74) is 0.365. The van der Waals surface area contributed by atoms with E-state index in [4.69, 9.17) is 5.26 Å². The van der Waals surface area contributed by atoms with Crippen LogP contribution in [0.15, 0.2) is 36.4 Å². The standard InChI is InChI=1S/C19H18F3N5O2/c20-19(21,22)29-15-5-1-3-13(9-15)10-18(28)24-16-6-7-17(26-25-16)27-8-2-4-14(11-23)12-27/h1,3,5-7,9,14H,2,4,8,10,12H2,(H,24,25,28). The van der Waals surface area contributed by atoms with Gasteiger partial charge in [0, 0.05) is 13.1 Å². The zero-order valence-corrected chi connectivity index (χ0v) is 15.3. The Hall–Kier alpha value is -3.35. The molecular weight excluding hydrogens is 387 g/mol. The van der Waals surface area contributed by atoms with Gasteiger partial charge in [0.2, 0.25) is 5.91 Å². The first-order valence-corrected chi connectivity index (χ1v) is 8.95. The number of rotatable bonds is 5. The second-order valence-corrected chi connectivity index (χ2v) is 6.61. The minimum atomic E-state index is -4.79. The molecular formula is C19H18F3N5O2. The second kappa shape index (κ2) is 8.77. The zero-order chi connectivity index (χ0) is 20.9. The monoisotopic (exact) mass is 405 g/mol. The number of nitriles is 1. The molecule has 1 aliphatic rings. The number of anilines is 2. The van der Waals surface area contributed by atoms with Crippen LogP contribution in [0.3, 0.4) is 0 Å². The predicted molar refractivity (Wildman–Crippen MR) is 98.0 cm³/mol. The molecule has 10 heteroatoms. The number of ether oxygens (including phenoxy) is 1. The van der Waals surface area contributed by atoms with E-state index in [9.17, 15) is 18.0 Å². The van der Waals surface area contributed by atoms with Crippen LogP contribution in [0.4, 0.5) is 24.8 Å². The van der Waals surface area contributed by atoms with E-state index in [2.05, 4.69) is 26.3 Å². The molecule has 1 saturated heterocycles. The SMILES string of the molecule is N#CC1CCCN(c2ccc(NC(=O)Cc3cccc(OC(F)(F)F)c3)nn2)C1. The van der Waals surface area contributed by atoms with Crippen LogP contribution in [-0.4, -0.2) is 35.6 Å². The number of carbonyl (C=O) groups is 1. The summed E-state index contributed by atoms with van der Waals surface area (Å²) in [6.07, 6.45) is -3.17. The fraction of sp³-hybridized carbons (Fsp3) is 0.368. The van der Waals surface area contributed by atoms with Gasteiger partial charge in [-0.05, 0) is 42.7 Å². The molecule has 0 spiro atoms. The maximum absolute atomic E-state index is 12.3. The third-order valence-electron chi connectivity index (χ3n) is 4.34. The van der Waals surface area contributed by atoms with Crippen molar-refractivity contribution in [3.8, 4) is 11.8 Å². The first kappa shape index (κ1) is 20.4. The molecule has 2 aromatic rings. The lowest BCUT2D eigenvalue weighted by molar-refractivity contribution is -0.274. The maximum atomic E-state index is 12.3. The van der Waals surface area contributed by atoms with E-state index in [0.29, 0.717) is 17.9 Å². The van der Waals surface area contributed by atoms with Crippen molar-refractivity contribution in [2.75, 3.05) is 23.3 Å². The number of alkyl halides is 3. The van der Waals surface area contributed by atoms with Crippen molar-refractivity contribution in [3.63, 3.8) is 0 Å². The van der Waals surface area contributed by atoms with Gasteiger partial charge in [-0.3, -0.25) is 4.79 Å². The highest BCUT2D eigenvalue weighted by Crippen LogP contribution is 2.24. The Bertz CT molecular complexity index is 896. The van der Waals surface area contributed by atoms with Gasteiger partial charge in [0.15, 0.2) is 11.6 Å². The molecule has 152 valence electrons. The van der Waals surface area contributed by atoms with E-state index >= 15 is 0 Å². The molecule has 0 aliphatic carbocycles. The first-order valence-electron chi connectivity index (χ1n) is 8.95. The second-order valence-electron chi connectivity index (χ2n) is 6.61. The normalized spacial score (nSPS) is 16.8. The van der Waals surface area contributed by atoms with Crippen LogP contribution in [0.2, 0.25) is 0 Å². The lowest BCUT2D eigenvalue weighted by Crippen LogP contribution is -2.35. The summed E-state index contributed by atoms with van der Waals surface area (Å²) in [5.74, 6) is -0.0138. The number of aromatic nitrogens is 2. The first-order chi connectivity index (χ1) is 13.8. The lowest BCUT2D eigenvalue weighted by atomic mass is 10.00. The lowest BCUT2D eigenvalue weighted by Gasteiger charge is -2.30. The molecule has 7 nitrogen and oxygen atoms in total. The van der Waals surface area contributed by atoms with E-state index in [1.165, 1.54) is 12.1 Å². The number of benzene rings is 1. The number of hydrogen-bond donors (Lipinski definition) is 1. The van der Waals surface area contributed by atoms with E-state index in [1.54, 1.807) is 12.1 Å². The van der Waals surface area contributed by atoms with Gasteiger partial charge in [0.1, 0.15) is 5.75 Å². The Kier molecular flexibility index (Phi) is 6.16. The third-order valence-corrected chi connectivity index (χ3v) is 4.34. The molecule has 1 atom stereocenters. The molecule has 1 aliphatic heterocycles. The van der Waals surface area contributed by atoms with Crippen molar-refractivity contribution in [3.05, 3.63) is 42.0 Å². The molecule has 0 saturated carbocycles. The number of carbonyl (C=O) groups excluding carboxylic acids is 1. The van der Waals surface area contributed by atoms with E-state index in [1.807, 2.05) is 4.90 Å². The Morgan fingerprint density at radius 2 is 2.14 bits per heavy atom. The topological polar surface area (TPSA) is 91.1 Å². The van der Waals surface area contributed by atoms with Gasteiger partial charge in [-0.15, -0.1) is 23.4 Å². The molecule has 1 aromatic heterocycles. The molecule has 29 heavy (non-hydrogen) atoms. The van der Waals surface area contributed by atoms with Crippen molar-refractivity contribution in [2.45, 2.75) is 25.6 Å². The van der Waals surface area contributed by atoms with Crippen molar-refractivity contribution in [1.29, 1.82) is 5.26 Å². The van der Waals surface area contributed by atoms with Gasteiger partial charge in [-0.25, -0.2) is 0 Å². The van der Waals surface area contributed by atoms with Gasteiger partial charge < -0.3 is 15.0 Å². The van der Waals surface area contributed by atoms with Gasteiger partial charge in [-0.1, -0.05) is 12.1 Å². The Labute approximate surface area is 165 Å². The summed E-state index contributed by atoms with van der Waals surface area (Å²) in [7, 11) is 0. The summed E-state index contributed by atoms with van der Waals surface area (Å²) in [4.78, 5) is 14.1. The number of amides is 1. The predicted octanol–water partition coefficient (Wildman–Crippen LogP) is 3.30. The number of halogens is 3. The highest BCUT2D eigenvalue weighted by atomic mass is 19.4. The van der Waals surface area contributed by atoms with Crippen molar-refractivity contribution in [1.82, 2.24) is 10.2 Å². The molecule has 1 unspecified atom stereocenters. The molecule has 0 radical (unpaired) electrons. The largest absolute Gasteiger partial charge is 0.573 e. The summed E-state index contributed by atoms with van der Waals surface area (Å²) in [5, 5.41) is 19.7.